The maximum atomic E-state index is 9.78. The van der Waals surface area contributed by atoms with E-state index in [1.807, 2.05) is 30.9 Å². The summed E-state index contributed by atoms with van der Waals surface area (Å²) in [5, 5.41) is 14.0. The molecule has 2 rings (SSSR count). The van der Waals surface area contributed by atoms with Gasteiger partial charge in [-0.3, -0.25) is 9.58 Å². The lowest BCUT2D eigenvalue weighted by molar-refractivity contribution is 0.0303. The summed E-state index contributed by atoms with van der Waals surface area (Å²) in [4.78, 5) is 2.38. The predicted molar refractivity (Wildman–Crippen MR) is 62.9 cm³/mol. The zero-order valence-electron chi connectivity index (χ0n) is 10.1. The molecule has 1 fully saturated rings. The van der Waals surface area contributed by atoms with E-state index in [1.54, 1.807) is 0 Å². The summed E-state index contributed by atoms with van der Waals surface area (Å²) in [5.74, 6) is 0. The quantitative estimate of drug-likeness (QED) is 0.836. The average Bonchev–Trinajstić information content (AvgIpc) is 2.65. The Morgan fingerprint density at radius 3 is 3.00 bits per heavy atom. The van der Waals surface area contributed by atoms with Crippen LogP contribution in [-0.4, -0.2) is 38.5 Å². The molecule has 1 aromatic rings. The lowest BCUT2D eigenvalue weighted by Gasteiger charge is -2.37. The van der Waals surface area contributed by atoms with Crippen LogP contribution in [0.3, 0.4) is 0 Å². The zero-order valence-corrected chi connectivity index (χ0v) is 10.1. The Balaban J connectivity index is 2.04. The van der Waals surface area contributed by atoms with Crippen molar-refractivity contribution in [2.45, 2.75) is 44.9 Å². The van der Waals surface area contributed by atoms with Crippen LogP contribution in [0.4, 0.5) is 0 Å². The minimum absolute atomic E-state index is 0.242. The molecule has 16 heavy (non-hydrogen) atoms. The molecular weight excluding hydrogens is 202 g/mol. The predicted octanol–water partition coefficient (Wildman–Crippen LogP) is 1.16. The Morgan fingerprint density at radius 1 is 1.56 bits per heavy atom. The van der Waals surface area contributed by atoms with Crippen LogP contribution >= 0.6 is 0 Å². The van der Waals surface area contributed by atoms with E-state index < -0.39 is 0 Å². The van der Waals surface area contributed by atoms with Crippen molar-refractivity contribution in [2.75, 3.05) is 6.54 Å². The zero-order chi connectivity index (χ0) is 11.5. The van der Waals surface area contributed by atoms with E-state index in [0.29, 0.717) is 6.04 Å². The third-order valence-corrected chi connectivity index (χ3v) is 3.51. The van der Waals surface area contributed by atoms with Gasteiger partial charge >= 0.3 is 0 Å². The molecule has 1 aliphatic rings. The fraction of sp³-hybridized carbons (Fsp3) is 0.750. The third kappa shape index (κ3) is 2.44. The van der Waals surface area contributed by atoms with Crippen LogP contribution < -0.4 is 0 Å². The molecule has 90 valence electrons. The highest BCUT2D eigenvalue weighted by Gasteiger charge is 2.26. The number of aromatic nitrogens is 2. The fourth-order valence-electron chi connectivity index (χ4n) is 2.52. The Bertz CT molecular complexity index is 335. The van der Waals surface area contributed by atoms with Crippen molar-refractivity contribution in [3.8, 4) is 0 Å². The molecule has 0 aliphatic carbocycles. The molecule has 0 radical (unpaired) electrons. The van der Waals surface area contributed by atoms with Gasteiger partial charge < -0.3 is 5.11 Å². The largest absolute Gasteiger partial charge is 0.392 e. The van der Waals surface area contributed by atoms with Gasteiger partial charge in [-0.05, 0) is 32.4 Å². The molecule has 2 unspecified atom stereocenters. The van der Waals surface area contributed by atoms with Gasteiger partial charge in [-0.2, -0.15) is 5.10 Å². The number of rotatable bonds is 3. The van der Waals surface area contributed by atoms with Crippen molar-refractivity contribution in [2.24, 2.45) is 7.05 Å². The summed E-state index contributed by atoms with van der Waals surface area (Å²) in [7, 11) is 1.97. The van der Waals surface area contributed by atoms with E-state index in [0.717, 1.165) is 19.5 Å². The Morgan fingerprint density at radius 2 is 2.38 bits per heavy atom. The maximum absolute atomic E-state index is 9.78. The van der Waals surface area contributed by atoms with Gasteiger partial charge in [-0.25, -0.2) is 0 Å². The lowest BCUT2D eigenvalue weighted by atomic mass is 9.98. The van der Waals surface area contributed by atoms with E-state index in [4.69, 9.17) is 0 Å². The topological polar surface area (TPSA) is 41.3 Å². The van der Waals surface area contributed by atoms with Gasteiger partial charge in [0.2, 0.25) is 0 Å². The number of nitrogens with zero attached hydrogens (tertiary/aromatic N) is 3. The van der Waals surface area contributed by atoms with E-state index >= 15 is 0 Å². The maximum Gasteiger partial charge on any atom is 0.0667 e. The van der Waals surface area contributed by atoms with Crippen molar-refractivity contribution >= 4 is 0 Å². The van der Waals surface area contributed by atoms with Crippen LogP contribution in [-0.2, 0) is 13.6 Å². The highest BCUT2D eigenvalue weighted by molar-refractivity contribution is 5.00. The van der Waals surface area contributed by atoms with E-state index in [-0.39, 0.29) is 6.10 Å². The second kappa shape index (κ2) is 4.97. The molecule has 1 aliphatic heterocycles. The summed E-state index contributed by atoms with van der Waals surface area (Å²) in [6.45, 7) is 3.87. The van der Waals surface area contributed by atoms with Crippen LogP contribution in [0.2, 0.25) is 0 Å². The SMILES string of the molecule is CC(O)C1CCCCN1Cc1ccnn1C. The average molecular weight is 223 g/mol. The van der Waals surface area contributed by atoms with Gasteiger partial charge in [0.25, 0.3) is 0 Å². The van der Waals surface area contributed by atoms with Crippen LogP contribution in [0.5, 0.6) is 0 Å². The van der Waals surface area contributed by atoms with E-state index in [9.17, 15) is 5.11 Å². The normalized spacial score (nSPS) is 24.6. The first-order valence-electron chi connectivity index (χ1n) is 6.07. The van der Waals surface area contributed by atoms with Crippen molar-refractivity contribution in [1.29, 1.82) is 0 Å². The highest BCUT2D eigenvalue weighted by atomic mass is 16.3. The molecular formula is C12H21N3O. The van der Waals surface area contributed by atoms with Gasteiger partial charge in [0, 0.05) is 25.8 Å². The molecule has 0 aromatic carbocycles. The van der Waals surface area contributed by atoms with Crippen molar-refractivity contribution in [3.05, 3.63) is 18.0 Å². The molecule has 4 nitrogen and oxygen atoms in total. The molecule has 0 saturated carbocycles. The van der Waals surface area contributed by atoms with Crippen LogP contribution in [0.25, 0.3) is 0 Å². The molecule has 1 aromatic heterocycles. The van der Waals surface area contributed by atoms with Crippen LogP contribution in [0, 0.1) is 0 Å². The third-order valence-electron chi connectivity index (χ3n) is 3.51. The number of aryl methyl sites for hydroxylation is 1. The molecule has 1 N–H and O–H groups in total. The monoisotopic (exact) mass is 223 g/mol. The van der Waals surface area contributed by atoms with Crippen LogP contribution in [0.1, 0.15) is 31.9 Å². The molecule has 2 heterocycles. The molecule has 0 spiro atoms. The van der Waals surface area contributed by atoms with Gasteiger partial charge in [0.05, 0.1) is 11.8 Å². The van der Waals surface area contributed by atoms with Crippen LogP contribution in [0.15, 0.2) is 12.3 Å². The molecule has 0 amide bonds. The highest BCUT2D eigenvalue weighted by Crippen LogP contribution is 2.21. The van der Waals surface area contributed by atoms with Crippen molar-refractivity contribution in [1.82, 2.24) is 14.7 Å². The first-order valence-corrected chi connectivity index (χ1v) is 6.07. The standard InChI is InChI=1S/C12H21N3O/c1-10(16)12-5-3-4-8-15(12)9-11-6-7-13-14(11)2/h6-7,10,12,16H,3-5,8-9H2,1-2H3. The minimum Gasteiger partial charge on any atom is -0.392 e. The molecule has 1 saturated heterocycles. The summed E-state index contributed by atoms with van der Waals surface area (Å²) in [6, 6.07) is 2.36. The summed E-state index contributed by atoms with van der Waals surface area (Å²) in [5.41, 5.74) is 1.22. The Hall–Kier alpha value is -0.870. The second-order valence-corrected chi connectivity index (χ2v) is 4.72. The Labute approximate surface area is 96.9 Å². The molecule has 0 bridgehead atoms. The number of hydrogen-bond acceptors (Lipinski definition) is 3. The Kier molecular flexibility index (Phi) is 3.61. The summed E-state index contributed by atoms with van der Waals surface area (Å²) < 4.78 is 1.91. The lowest BCUT2D eigenvalue weighted by Crippen LogP contribution is -2.45. The van der Waals surface area contributed by atoms with Gasteiger partial charge in [-0.1, -0.05) is 6.42 Å². The number of piperidine rings is 1. The minimum atomic E-state index is -0.242. The number of aliphatic hydroxyl groups excluding tert-OH is 1. The summed E-state index contributed by atoms with van der Waals surface area (Å²) >= 11 is 0. The first kappa shape index (κ1) is 11.6. The van der Waals surface area contributed by atoms with Gasteiger partial charge in [-0.15, -0.1) is 0 Å². The van der Waals surface area contributed by atoms with Gasteiger partial charge in [0.1, 0.15) is 0 Å². The smallest absolute Gasteiger partial charge is 0.0667 e. The van der Waals surface area contributed by atoms with Crippen molar-refractivity contribution < 1.29 is 5.11 Å². The number of aliphatic hydroxyl groups is 1. The van der Waals surface area contributed by atoms with Crippen molar-refractivity contribution in [3.63, 3.8) is 0 Å². The van der Waals surface area contributed by atoms with Gasteiger partial charge in [0.15, 0.2) is 0 Å². The summed E-state index contributed by atoms with van der Waals surface area (Å²) in [6.07, 6.45) is 5.17. The molecule has 4 heteroatoms. The second-order valence-electron chi connectivity index (χ2n) is 4.72. The first-order chi connectivity index (χ1) is 7.68. The van der Waals surface area contributed by atoms with E-state index in [1.165, 1.54) is 18.5 Å². The number of hydrogen-bond donors (Lipinski definition) is 1. The van der Waals surface area contributed by atoms with E-state index in [2.05, 4.69) is 10.00 Å². The number of likely N-dealkylation sites (tertiary alicyclic amines) is 1. The fourth-order valence-corrected chi connectivity index (χ4v) is 2.52. The molecule has 2 atom stereocenters.